The third-order valence-electron chi connectivity index (χ3n) is 2.38. The van der Waals surface area contributed by atoms with Gasteiger partial charge < -0.3 is 15.1 Å². The van der Waals surface area contributed by atoms with Crippen molar-refractivity contribution in [2.24, 2.45) is 0 Å². The number of aliphatic hydroxyl groups is 1. The minimum atomic E-state index is -1.10. The summed E-state index contributed by atoms with van der Waals surface area (Å²) >= 11 is 0. The van der Waals surface area contributed by atoms with Crippen LogP contribution >= 0.6 is 0 Å². The summed E-state index contributed by atoms with van der Waals surface area (Å²) in [7, 11) is 0. The molecule has 1 saturated heterocycles. The molecule has 1 fully saturated rings. The Morgan fingerprint density at radius 2 is 2.36 bits per heavy atom. The summed E-state index contributed by atoms with van der Waals surface area (Å²) in [6.45, 7) is 2.22. The van der Waals surface area contributed by atoms with E-state index >= 15 is 0 Å². The van der Waals surface area contributed by atoms with Gasteiger partial charge in [-0.2, -0.15) is 0 Å². The number of amides is 1. The van der Waals surface area contributed by atoms with Crippen molar-refractivity contribution in [2.75, 3.05) is 6.54 Å². The van der Waals surface area contributed by atoms with Crippen LogP contribution in [0.1, 0.15) is 26.2 Å². The summed E-state index contributed by atoms with van der Waals surface area (Å²) in [4.78, 5) is 23.8. The van der Waals surface area contributed by atoms with Gasteiger partial charge in [0.2, 0.25) is 7.34 Å². The van der Waals surface area contributed by atoms with Crippen LogP contribution in [-0.2, 0) is 9.59 Å². The van der Waals surface area contributed by atoms with Gasteiger partial charge in [-0.15, -0.1) is 0 Å². The zero-order valence-electron chi connectivity index (χ0n) is 9.10. The lowest BCUT2D eigenvalue weighted by Crippen LogP contribution is -2.44. The van der Waals surface area contributed by atoms with Gasteiger partial charge in [0.1, 0.15) is 0 Å². The lowest BCUT2D eigenvalue weighted by Gasteiger charge is -2.22. The summed E-state index contributed by atoms with van der Waals surface area (Å²) in [6.07, 6.45) is 0.738. The molecule has 1 rings (SSSR count). The predicted octanol–water partition coefficient (Wildman–Crippen LogP) is -0.167. The van der Waals surface area contributed by atoms with E-state index in [0.29, 0.717) is 25.8 Å². The number of carbonyl (C=O) groups excluding carboxylic acids is 1. The van der Waals surface area contributed by atoms with Gasteiger partial charge in [0.15, 0.2) is 6.04 Å². The monoisotopic (exact) mass is 202 g/mol. The first-order chi connectivity index (χ1) is 7.11. The van der Waals surface area contributed by atoms with E-state index in [4.69, 9.17) is 6.54 Å². The number of aliphatic hydroxyl groups excluding tert-OH is 1. The highest BCUT2D eigenvalue weighted by molar-refractivity contribution is 5.84. The molecule has 5 nitrogen and oxygen atoms in total. The van der Waals surface area contributed by atoms with Crippen molar-refractivity contribution in [3.05, 3.63) is 0 Å². The quantitative estimate of drug-likeness (QED) is 0.663. The number of hydrogen-bond acceptors (Lipinski definition) is 3. The van der Waals surface area contributed by atoms with Crippen LogP contribution in [0.25, 0.3) is 0 Å². The second-order valence-electron chi connectivity index (χ2n) is 3.45. The van der Waals surface area contributed by atoms with Gasteiger partial charge in [-0.25, -0.2) is 4.79 Å². The molecule has 80 valence electrons. The smallest absolute Gasteiger partial charge is 0.329 e. The number of carbonyl (C=O) groups is 2. The molecule has 1 aliphatic rings. The summed E-state index contributed by atoms with van der Waals surface area (Å²) in [5, 5.41) is 13.3. The third-order valence-corrected chi connectivity index (χ3v) is 2.38. The van der Waals surface area contributed by atoms with Crippen LogP contribution in [0, 0.1) is 0 Å². The number of carboxylic acid groups (broad SMARTS) is 1. The molecular weight excluding hydrogens is 186 g/mol. The highest BCUT2D eigenvalue weighted by Crippen LogP contribution is 2.19. The second kappa shape index (κ2) is 4.41. The number of likely N-dealkylation sites (tertiary alicyclic amines) is 1. The fourth-order valence-electron chi connectivity index (χ4n) is 1.69. The molecule has 1 aliphatic heterocycles. The molecule has 1 heterocycles. The topological polar surface area (TPSA) is 77.8 Å². The van der Waals surface area contributed by atoms with Crippen LogP contribution in [0.4, 0.5) is 0 Å². The van der Waals surface area contributed by atoms with E-state index in [1.54, 1.807) is 0 Å². The number of aliphatic carboxylic acids is 1. The minimum Gasteiger partial charge on any atom is -0.480 e. The number of hydrogen-bond donors (Lipinski definition) is 2. The zero-order chi connectivity index (χ0) is 11.4. The molecule has 0 aromatic rings. The first-order valence-electron chi connectivity index (χ1n) is 5.16. The van der Waals surface area contributed by atoms with Crippen LogP contribution in [0.15, 0.2) is 0 Å². The Bertz CT molecular complexity index is 258. The van der Waals surface area contributed by atoms with E-state index < -0.39 is 18.1 Å². The lowest BCUT2D eigenvalue weighted by molar-refractivity contribution is -0.151. The van der Waals surface area contributed by atoms with Crippen LogP contribution < -0.4 is 0 Å². The fourth-order valence-corrected chi connectivity index (χ4v) is 1.69. The van der Waals surface area contributed by atoms with Gasteiger partial charge in [0, 0.05) is 13.0 Å². The van der Waals surface area contributed by atoms with E-state index in [1.165, 1.54) is 4.90 Å². The van der Waals surface area contributed by atoms with Crippen LogP contribution in [-0.4, -0.2) is 47.1 Å². The average molecular weight is 202 g/mol. The molecule has 5 heteroatoms. The van der Waals surface area contributed by atoms with Crippen molar-refractivity contribution in [1.29, 1.82) is 1.43 Å². The molecule has 2 atom stereocenters. The van der Waals surface area contributed by atoms with Gasteiger partial charge in [-0.3, -0.25) is 4.79 Å². The lowest BCUT2D eigenvalue weighted by atomic mass is 10.1. The first kappa shape index (κ1) is 9.45. The van der Waals surface area contributed by atoms with Gasteiger partial charge in [-0.1, -0.05) is 6.92 Å². The maximum atomic E-state index is 11.6. The molecule has 0 radical (unpaired) electrons. The molecule has 1 amide bonds. The van der Waals surface area contributed by atoms with Crippen molar-refractivity contribution < 1.29 is 19.8 Å². The summed E-state index contributed by atoms with van der Waals surface area (Å²) in [6, 6.07) is -0.999. The molecule has 0 aromatic carbocycles. The molecule has 0 unspecified atom stereocenters. The third kappa shape index (κ3) is 2.04. The van der Waals surface area contributed by atoms with Crippen LogP contribution in [0.2, 0.25) is 0 Å². The van der Waals surface area contributed by atoms with Crippen molar-refractivity contribution >= 4 is 11.9 Å². The van der Waals surface area contributed by atoms with E-state index in [1.807, 2.05) is 6.92 Å². The molecule has 14 heavy (non-hydrogen) atoms. The van der Waals surface area contributed by atoms with Gasteiger partial charge in [0.25, 0.3) is 0 Å². The van der Waals surface area contributed by atoms with E-state index in [2.05, 4.69) is 5.11 Å². The summed E-state index contributed by atoms with van der Waals surface area (Å²) in [5.74, 6) is -1.28. The SMILES string of the molecule is [2H]O[C@H]1CCN(C(=O)CCC)[C@@H]1C(=O)O. The Morgan fingerprint density at radius 3 is 2.86 bits per heavy atom. The summed E-state index contributed by atoms with van der Waals surface area (Å²) in [5.41, 5.74) is 0. The van der Waals surface area contributed by atoms with Crippen LogP contribution in [0.3, 0.4) is 0 Å². The average Bonchev–Trinajstić information content (AvgIpc) is 2.61. The summed E-state index contributed by atoms with van der Waals surface area (Å²) < 4.78 is 6.76. The van der Waals surface area contributed by atoms with Crippen molar-refractivity contribution in [1.82, 2.24) is 4.90 Å². The molecule has 0 aromatic heterocycles. The minimum absolute atomic E-state index is 0.176. The Kier molecular flexibility index (Phi) is 2.98. The Balaban J connectivity index is 2.72. The standard InChI is InChI=1S/C9H15NO4/c1-2-3-7(12)10-5-4-6(11)8(10)9(13)14/h6,8,11H,2-5H2,1H3,(H,13,14)/t6-,8-/m0/s1/i11D. The number of carboxylic acids is 1. The highest BCUT2D eigenvalue weighted by Gasteiger charge is 2.40. The van der Waals surface area contributed by atoms with E-state index in [-0.39, 0.29) is 5.91 Å². The molecule has 0 aliphatic carbocycles. The van der Waals surface area contributed by atoms with Crippen LogP contribution in [0.5, 0.6) is 0 Å². The maximum absolute atomic E-state index is 11.6. The van der Waals surface area contributed by atoms with E-state index in [0.717, 1.165) is 0 Å². The largest absolute Gasteiger partial charge is 0.480 e. The van der Waals surface area contributed by atoms with Crippen molar-refractivity contribution in [3.63, 3.8) is 0 Å². The first-order valence-corrected chi connectivity index (χ1v) is 4.76. The highest BCUT2D eigenvalue weighted by atomic mass is 16.4. The predicted molar refractivity (Wildman–Crippen MR) is 48.7 cm³/mol. The molecular formula is C9H15NO4. The molecule has 0 spiro atoms. The van der Waals surface area contributed by atoms with E-state index in [9.17, 15) is 9.59 Å². The Hall–Kier alpha value is -1.10. The van der Waals surface area contributed by atoms with Gasteiger partial charge in [0.05, 0.1) is 6.10 Å². The van der Waals surface area contributed by atoms with Crippen molar-refractivity contribution in [3.8, 4) is 0 Å². The molecule has 2 N–H and O–H groups in total. The molecule has 0 bridgehead atoms. The van der Waals surface area contributed by atoms with Crippen molar-refractivity contribution in [2.45, 2.75) is 38.3 Å². The fraction of sp³-hybridized carbons (Fsp3) is 0.778. The Labute approximate surface area is 83.8 Å². The molecule has 0 saturated carbocycles. The zero-order valence-corrected chi connectivity index (χ0v) is 8.10. The Morgan fingerprint density at radius 1 is 1.64 bits per heavy atom. The normalized spacial score (nSPS) is 27.5. The second-order valence-corrected chi connectivity index (χ2v) is 3.45. The maximum Gasteiger partial charge on any atom is 0.329 e. The number of rotatable bonds is 4. The number of nitrogens with zero attached hydrogens (tertiary/aromatic N) is 1. The van der Waals surface area contributed by atoms with Gasteiger partial charge >= 0.3 is 5.97 Å². The van der Waals surface area contributed by atoms with Gasteiger partial charge in [-0.05, 0) is 12.8 Å².